The number of halogens is 3. The molecule has 0 aliphatic rings. The van der Waals surface area contributed by atoms with Crippen molar-refractivity contribution >= 4 is 15.9 Å². The second kappa shape index (κ2) is 6.33. The van der Waals surface area contributed by atoms with E-state index in [9.17, 15) is 8.78 Å². The molecule has 0 aromatic heterocycles. The van der Waals surface area contributed by atoms with Crippen molar-refractivity contribution in [2.24, 2.45) is 5.92 Å². The fourth-order valence-corrected chi connectivity index (χ4v) is 2.98. The highest BCUT2D eigenvalue weighted by atomic mass is 79.9. The monoisotopic (exact) mass is 290 g/mol. The van der Waals surface area contributed by atoms with E-state index >= 15 is 0 Å². The molecule has 0 saturated carbocycles. The van der Waals surface area contributed by atoms with Crippen LogP contribution in [0, 0.1) is 17.6 Å². The maximum absolute atomic E-state index is 13.0. The number of alkyl halides is 1. The highest BCUT2D eigenvalue weighted by Crippen LogP contribution is 2.24. The summed E-state index contributed by atoms with van der Waals surface area (Å²) in [5.74, 6) is -0.965. The first-order valence-electron chi connectivity index (χ1n) is 5.66. The first-order chi connectivity index (χ1) is 7.58. The summed E-state index contributed by atoms with van der Waals surface area (Å²) in [6, 6.07) is 4.12. The molecule has 0 aliphatic heterocycles. The molecule has 1 aromatic rings. The summed E-state index contributed by atoms with van der Waals surface area (Å²) in [6.45, 7) is 4.29. The van der Waals surface area contributed by atoms with E-state index in [2.05, 4.69) is 29.8 Å². The lowest BCUT2D eigenvalue weighted by atomic mass is 9.95. The number of hydrogen-bond acceptors (Lipinski definition) is 0. The average Bonchev–Trinajstić information content (AvgIpc) is 2.25. The fraction of sp³-hybridized carbons (Fsp3) is 0.538. The molecule has 1 aromatic carbocycles. The molecular weight excluding hydrogens is 274 g/mol. The molecule has 0 fully saturated rings. The van der Waals surface area contributed by atoms with Crippen LogP contribution in [0.5, 0.6) is 0 Å². The van der Waals surface area contributed by atoms with E-state index < -0.39 is 11.6 Å². The zero-order valence-corrected chi connectivity index (χ0v) is 11.2. The van der Waals surface area contributed by atoms with Crippen molar-refractivity contribution in [3.8, 4) is 0 Å². The van der Waals surface area contributed by atoms with Gasteiger partial charge in [0.1, 0.15) is 0 Å². The van der Waals surface area contributed by atoms with Crippen molar-refractivity contribution in [2.75, 3.05) is 0 Å². The summed E-state index contributed by atoms with van der Waals surface area (Å²) < 4.78 is 25.7. The maximum Gasteiger partial charge on any atom is 0.159 e. The molecule has 0 heterocycles. The second-order valence-electron chi connectivity index (χ2n) is 4.05. The molecule has 0 nitrogen and oxygen atoms in total. The Morgan fingerprint density at radius 1 is 1.12 bits per heavy atom. The van der Waals surface area contributed by atoms with E-state index in [1.54, 1.807) is 6.07 Å². The molecule has 0 N–H and O–H groups in total. The average molecular weight is 291 g/mol. The Kier molecular flexibility index (Phi) is 5.39. The normalized spacial score (nSPS) is 13.1. The fourth-order valence-electron chi connectivity index (χ4n) is 1.86. The largest absolute Gasteiger partial charge is 0.204 e. The van der Waals surface area contributed by atoms with E-state index in [1.807, 2.05) is 0 Å². The van der Waals surface area contributed by atoms with Gasteiger partial charge in [-0.2, -0.15) is 0 Å². The lowest BCUT2D eigenvalue weighted by Crippen LogP contribution is -2.15. The van der Waals surface area contributed by atoms with Crippen molar-refractivity contribution < 1.29 is 8.78 Å². The molecule has 16 heavy (non-hydrogen) atoms. The molecule has 0 saturated heterocycles. The van der Waals surface area contributed by atoms with Crippen LogP contribution < -0.4 is 0 Å². The Balaban J connectivity index is 2.69. The van der Waals surface area contributed by atoms with Gasteiger partial charge in [-0.15, -0.1) is 0 Å². The van der Waals surface area contributed by atoms with Gasteiger partial charge in [-0.1, -0.05) is 48.7 Å². The van der Waals surface area contributed by atoms with Crippen LogP contribution in [0.4, 0.5) is 8.78 Å². The molecule has 1 atom stereocenters. The molecule has 1 unspecified atom stereocenters. The highest BCUT2D eigenvalue weighted by Gasteiger charge is 2.16. The molecular formula is C13H17BrF2. The van der Waals surface area contributed by atoms with Crippen LogP contribution in [0.2, 0.25) is 0 Å². The summed E-state index contributed by atoms with van der Waals surface area (Å²) in [4.78, 5) is 0.326. The van der Waals surface area contributed by atoms with Crippen LogP contribution >= 0.6 is 15.9 Å². The van der Waals surface area contributed by atoms with Crippen molar-refractivity contribution in [3.05, 3.63) is 35.4 Å². The third-order valence-corrected chi connectivity index (χ3v) is 4.05. The summed E-state index contributed by atoms with van der Waals surface area (Å²) in [6.07, 6.45) is 2.93. The van der Waals surface area contributed by atoms with Crippen molar-refractivity contribution in [3.63, 3.8) is 0 Å². The van der Waals surface area contributed by atoms with Crippen molar-refractivity contribution in [1.82, 2.24) is 0 Å². The van der Waals surface area contributed by atoms with Gasteiger partial charge in [-0.3, -0.25) is 0 Å². The van der Waals surface area contributed by atoms with Gasteiger partial charge in [-0.25, -0.2) is 8.78 Å². The molecule has 0 spiro atoms. The highest BCUT2D eigenvalue weighted by molar-refractivity contribution is 9.09. The first kappa shape index (κ1) is 13.6. The second-order valence-corrected chi connectivity index (χ2v) is 5.22. The van der Waals surface area contributed by atoms with Crippen LogP contribution in [0.3, 0.4) is 0 Å². The minimum atomic E-state index is -0.780. The third-order valence-electron chi connectivity index (χ3n) is 2.97. The Hall–Kier alpha value is -0.440. The number of hydrogen-bond donors (Lipinski definition) is 0. The molecule has 3 heteroatoms. The quantitative estimate of drug-likeness (QED) is 0.689. The van der Waals surface area contributed by atoms with Gasteiger partial charge in [0.25, 0.3) is 0 Å². The Bertz CT molecular complexity index is 335. The van der Waals surface area contributed by atoms with Crippen molar-refractivity contribution in [1.29, 1.82) is 0 Å². The topological polar surface area (TPSA) is 0 Å². The van der Waals surface area contributed by atoms with Crippen LogP contribution in [-0.4, -0.2) is 4.83 Å². The Morgan fingerprint density at radius 3 is 2.25 bits per heavy atom. The molecule has 0 amide bonds. The third kappa shape index (κ3) is 3.55. The predicted molar refractivity (Wildman–Crippen MR) is 66.8 cm³/mol. The zero-order valence-electron chi connectivity index (χ0n) is 9.64. The lowest BCUT2D eigenvalue weighted by molar-refractivity contribution is 0.472. The minimum absolute atomic E-state index is 0.326. The van der Waals surface area contributed by atoms with Gasteiger partial charge in [0.15, 0.2) is 11.6 Å². The van der Waals surface area contributed by atoms with Gasteiger partial charge in [0.2, 0.25) is 0 Å². The van der Waals surface area contributed by atoms with Gasteiger partial charge in [0, 0.05) is 4.83 Å². The van der Waals surface area contributed by atoms with E-state index in [1.165, 1.54) is 12.1 Å². The predicted octanol–water partition coefficient (Wildman–Crippen LogP) is 4.71. The molecule has 90 valence electrons. The molecule has 0 aliphatic carbocycles. The zero-order chi connectivity index (χ0) is 12.1. The van der Waals surface area contributed by atoms with Gasteiger partial charge >= 0.3 is 0 Å². The standard InChI is InChI=1S/C13H17BrF2/c1-3-10(4-2)11(14)7-9-5-6-12(15)13(16)8-9/h5-6,8,10-11H,3-4,7H2,1-2H3. The van der Waals surface area contributed by atoms with Crippen LogP contribution in [-0.2, 0) is 6.42 Å². The van der Waals surface area contributed by atoms with Gasteiger partial charge in [-0.05, 0) is 30.0 Å². The molecule has 0 bridgehead atoms. The first-order valence-corrected chi connectivity index (χ1v) is 6.58. The van der Waals surface area contributed by atoms with E-state index in [0.29, 0.717) is 10.7 Å². The smallest absolute Gasteiger partial charge is 0.159 e. The number of benzene rings is 1. The van der Waals surface area contributed by atoms with E-state index in [0.717, 1.165) is 24.8 Å². The lowest BCUT2D eigenvalue weighted by Gasteiger charge is -2.19. The summed E-state index contributed by atoms with van der Waals surface area (Å²) in [7, 11) is 0. The molecule has 1 rings (SSSR count). The minimum Gasteiger partial charge on any atom is -0.204 e. The molecule has 0 radical (unpaired) electrons. The van der Waals surface area contributed by atoms with E-state index in [4.69, 9.17) is 0 Å². The summed E-state index contributed by atoms with van der Waals surface area (Å²) >= 11 is 3.63. The van der Waals surface area contributed by atoms with E-state index in [-0.39, 0.29) is 0 Å². The Morgan fingerprint density at radius 2 is 1.75 bits per heavy atom. The summed E-state index contributed by atoms with van der Waals surface area (Å²) in [5, 5.41) is 0. The van der Waals surface area contributed by atoms with Gasteiger partial charge in [0.05, 0.1) is 0 Å². The summed E-state index contributed by atoms with van der Waals surface area (Å²) in [5.41, 5.74) is 0.840. The van der Waals surface area contributed by atoms with Gasteiger partial charge < -0.3 is 0 Å². The van der Waals surface area contributed by atoms with Crippen LogP contribution in [0.25, 0.3) is 0 Å². The van der Waals surface area contributed by atoms with Crippen molar-refractivity contribution in [2.45, 2.75) is 37.9 Å². The number of rotatable bonds is 5. The maximum atomic E-state index is 13.0. The van der Waals surface area contributed by atoms with Crippen LogP contribution in [0.1, 0.15) is 32.3 Å². The van der Waals surface area contributed by atoms with Crippen LogP contribution in [0.15, 0.2) is 18.2 Å². The Labute approximate surface area is 104 Å². The SMILES string of the molecule is CCC(CC)C(Br)Cc1ccc(F)c(F)c1.